The van der Waals surface area contributed by atoms with E-state index < -0.39 is 0 Å². The molecule has 1 aromatic heterocycles. The summed E-state index contributed by atoms with van der Waals surface area (Å²) in [5.41, 5.74) is 3.66. The molecule has 0 saturated heterocycles. The Balaban J connectivity index is 2.30. The van der Waals surface area contributed by atoms with Crippen molar-refractivity contribution in [1.82, 2.24) is 9.55 Å². The molecule has 0 bridgehead atoms. The van der Waals surface area contributed by atoms with Crippen LogP contribution in [0.1, 0.15) is 11.4 Å². The van der Waals surface area contributed by atoms with Gasteiger partial charge in [0.05, 0.1) is 11.0 Å². The van der Waals surface area contributed by atoms with Crippen LogP contribution in [0.2, 0.25) is 0 Å². The summed E-state index contributed by atoms with van der Waals surface area (Å²) in [6, 6.07) is 10.8. The second-order valence-corrected chi connectivity index (χ2v) is 6.22. The van der Waals surface area contributed by atoms with Gasteiger partial charge in [0.1, 0.15) is 11.6 Å². The number of fused-ring (bicyclic) bond motifs is 1. The largest absolute Gasteiger partial charge is 0.296 e. The topological polar surface area (TPSA) is 17.8 Å². The molecule has 2 nitrogen and oxygen atoms in total. The Labute approximate surface area is 135 Å². The Bertz CT molecular complexity index is 793. The average Bonchev–Trinajstić information content (AvgIpc) is 2.75. The second-order valence-electron chi connectivity index (χ2n) is 4.92. The van der Waals surface area contributed by atoms with Crippen LogP contribution in [0, 0.1) is 12.7 Å². The summed E-state index contributed by atoms with van der Waals surface area (Å²) in [5, 5.41) is 0. The van der Waals surface area contributed by atoms with E-state index in [1.54, 1.807) is 6.07 Å². The van der Waals surface area contributed by atoms with Crippen molar-refractivity contribution >= 4 is 38.6 Å². The molecule has 0 fully saturated rings. The molecule has 0 amide bonds. The number of hydrogen-bond acceptors (Lipinski definition) is 1. The number of aryl methyl sites for hydroxylation is 2. The number of aromatic nitrogens is 2. The Hall–Kier alpha value is -1.39. The first-order chi connectivity index (χ1) is 10.1. The molecule has 0 unspecified atom stereocenters. The molecule has 0 aliphatic heterocycles. The minimum atomic E-state index is -0.282. The minimum Gasteiger partial charge on any atom is -0.296 e. The number of imidazole rings is 1. The summed E-state index contributed by atoms with van der Waals surface area (Å²) in [5.74, 6) is 1.02. The van der Waals surface area contributed by atoms with E-state index in [0.29, 0.717) is 17.8 Å². The molecule has 0 atom stereocenters. The fourth-order valence-corrected chi connectivity index (χ4v) is 3.25. The second kappa shape index (κ2) is 5.78. The molecule has 2 aromatic carbocycles. The highest BCUT2D eigenvalue weighted by Crippen LogP contribution is 2.26. The van der Waals surface area contributed by atoms with E-state index >= 15 is 0 Å². The third kappa shape index (κ3) is 2.83. The molecule has 3 aromatic rings. The zero-order chi connectivity index (χ0) is 15.0. The number of hydrogen-bond donors (Lipinski definition) is 0. The van der Waals surface area contributed by atoms with Crippen LogP contribution in [0.4, 0.5) is 4.39 Å². The molecule has 21 heavy (non-hydrogen) atoms. The highest BCUT2D eigenvalue weighted by atomic mass is 79.9. The number of alkyl halides is 1. The van der Waals surface area contributed by atoms with Crippen molar-refractivity contribution < 1.29 is 4.39 Å². The number of rotatable bonds is 3. The molecule has 108 valence electrons. The standard InChI is InChI=1S/C16H13BrClFN2/c1-10-6-11(17)8-13(7-10)21-15-3-2-12(19)9-14(15)20-16(21)4-5-18/h2-3,6-9H,4-5H2,1H3. The van der Waals surface area contributed by atoms with Crippen molar-refractivity contribution in [2.45, 2.75) is 13.3 Å². The van der Waals surface area contributed by atoms with Crippen LogP contribution in [-0.2, 0) is 6.42 Å². The maximum absolute atomic E-state index is 13.4. The van der Waals surface area contributed by atoms with E-state index in [4.69, 9.17) is 11.6 Å². The zero-order valence-electron chi connectivity index (χ0n) is 11.4. The lowest BCUT2D eigenvalue weighted by atomic mass is 10.2. The van der Waals surface area contributed by atoms with Gasteiger partial charge in [-0.05, 0) is 42.8 Å². The summed E-state index contributed by atoms with van der Waals surface area (Å²) in [6.07, 6.45) is 0.628. The lowest BCUT2D eigenvalue weighted by Gasteiger charge is -2.10. The number of benzene rings is 2. The van der Waals surface area contributed by atoms with Gasteiger partial charge < -0.3 is 0 Å². The Morgan fingerprint density at radius 2 is 2.05 bits per heavy atom. The Morgan fingerprint density at radius 1 is 1.24 bits per heavy atom. The average molecular weight is 368 g/mol. The predicted octanol–water partition coefficient (Wildman–Crippen LogP) is 5.02. The molecule has 0 aliphatic rings. The van der Waals surface area contributed by atoms with Gasteiger partial charge >= 0.3 is 0 Å². The van der Waals surface area contributed by atoms with Gasteiger partial charge in [0.25, 0.3) is 0 Å². The maximum Gasteiger partial charge on any atom is 0.125 e. The van der Waals surface area contributed by atoms with E-state index in [2.05, 4.69) is 27.0 Å². The first kappa shape index (κ1) is 14.5. The van der Waals surface area contributed by atoms with Gasteiger partial charge in [0.15, 0.2) is 0 Å². The van der Waals surface area contributed by atoms with E-state index in [9.17, 15) is 4.39 Å². The van der Waals surface area contributed by atoms with Crippen molar-refractivity contribution in [2.24, 2.45) is 0 Å². The number of halogens is 3. The van der Waals surface area contributed by atoms with Crippen molar-refractivity contribution in [3.63, 3.8) is 0 Å². The summed E-state index contributed by atoms with van der Waals surface area (Å²) in [7, 11) is 0. The smallest absolute Gasteiger partial charge is 0.125 e. The van der Waals surface area contributed by atoms with Gasteiger partial charge in [-0.3, -0.25) is 4.57 Å². The van der Waals surface area contributed by atoms with Crippen LogP contribution in [0.15, 0.2) is 40.9 Å². The van der Waals surface area contributed by atoms with E-state index in [1.807, 2.05) is 23.6 Å². The molecule has 0 saturated carbocycles. The molecule has 0 N–H and O–H groups in total. The van der Waals surface area contributed by atoms with Crippen LogP contribution in [0.5, 0.6) is 0 Å². The minimum absolute atomic E-state index is 0.282. The third-order valence-electron chi connectivity index (χ3n) is 3.29. The summed E-state index contributed by atoms with van der Waals surface area (Å²) < 4.78 is 16.4. The first-order valence-corrected chi connectivity index (χ1v) is 7.91. The first-order valence-electron chi connectivity index (χ1n) is 6.59. The zero-order valence-corrected chi connectivity index (χ0v) is 13.7. The SMILES string of the molecule is Cc1cc(Br)cc(-n2c(CCCl)nc3cc(F)ccc32)c1. The Kier molecular flexibility index (Phi) is 4.00. The fraction of sp³-hybridized carbons (Fsp3) is 0.188. The maximum atomic E-state index is 13.4. The summed E-state index contributed by atoms with van der Waals surface area (Å²) in [6.45, 7) is 2.04. The monoisotopic (exact) mass is 366 g/mol. The molecular weight excluding hydrogens is 355 g/mol. The van der Waals surface area contributed by atoms with Crippen LogP contribution in [-0.4, -0.2) is 15.4 Å². The number of nitrogens with zero attached hydrogens (tertiary/aromatic N) is 2. The molecule has 5 heteroatoms. The molecular formula is C16H13BrClFN2. The van der Waals surface area contributed by atoms with Gasteiger partial charge in [0, 0.05) is 28.5 Å². The quantitative estimate of drug-likeness (QED) is 0.595. The summed E-state index contributed by atoms with van der Waals surface area (Å²) in [4.78, 5) is 4.52. The van der Waals surface area contributed by atoms with Crippen molar-refractivity contribution in [3.05, 3.63) is 58.1 Å². The van der Waals surface area contributed by atoms with Gasteiger partial charge in [-0.25, -0.2) is 9.37 Å². The highest BCUT2D eigenvalue weighted by molar-refractivity contribution is 9.10. The fourth-order valence-electron chi connectivity index (χ4n) is 2.49. The van der Waals surface area contributed by atoms with Crippen LogP contribution < -0.4 is 0 Å². The Morgan fingerprint density at radius 3 is 2.76 bits per heavy atom. The third-order valence-corrected chi connectivity index (χ3v) is 3.94. The van der Waals surface area contributed by atoms with Gasteiger partial charge in [-0.1, -0.05) is 15.9 Å². The van der Waals surface area contributed by atoms with Crippen molar-refractivity contribution in [1.29, 1.82) is 0 Å². The molecule has 0 radical (unpaired) electrons. The van der Waals surface area contributed by atoms with Crippen LogP contribution in [0.25, 0.3) is 16.7 Å². The lowest BCUT2D eigenvalue weighted by Crippen LogP contribution is -2.02. The summed E-state index contributed by atoms with van der Waals surface area (Å²) >= 11 is 9.40. The van der Waals surface area contributed by atoms with E-state index in [0.717, 1.165) is 27.1 Å². The van der Waals surface area contributed by atoms with Gasteiger partial charge in [0.2, 0.25) is 0 Å². The normalized spacial score (nSPS) is 11.2. The molecule has 3 rings (SSSR count). The molecule has 1 heterocycles. The van der Waals surface area contributed by atoms with Crippen molar-refractivity contribution in [2.75, 3.05) is 5.88 Å². The van der Waals surface area contributed by atoms with E-state index in [-0.39, 0.29) is 5.82 Å². The van der Waals surface area contributed by atoms with Crippen LogP contribution >= 0.6 is 27.5 Å². The highest BCUT2D eigenvalue weighted by Gasteiger charge is 2.13. The molecule has 0 spiro atoms. The van der Waals surface area contributed by atoms with Crippen molar-refractivity contribution in [3.8, 4) is 5.69 Å². The van der Waals surface area contributed by atoms with Gasteiger partial charge in [-0.2, -0.15) is 0 Å². The van der Waals surface area contributed by atoms with E-state index in [1.165, 1.54) is 12.1 Å². The predicted molar refractivity (Wildman–Crippen MR) is 87.9 cm³/mol. The molecule has 0 aliphatic carbocycles. The van der Waals surface area contributed by atoms with Gasteiger partial charge in [-0.15, -0.1) is 11.6 Å². The lowest BCUT2D eigenvalue weighted by molar-refractivity contribution is 0.629. The van der Waals surface area contributed by atoms with Crippen LogP contribution in [0.3, 0.4) is 0 Å².